The average Bonchev–Trinajstić information content (AvgIpc) is 3.04. The molecule has 0 fully saturated rings. The van der Waals surface area contributed by atoms with Gasteiger partial charge in [0.15, 0.2) is 0 Å². The first kappa shape index (κ1) is 19.0. The van der Waals surface area contributed by atoms with Gasteiger partial charge in [-0.05, 0) is 74.0 Å². The van der Waals surface area contributed by atoms with Crippen LogP contribution in [0.5, 0.6) is 0 Å². The molecule has 1 aliphatic rings. The first-order valence-electron chi connectivity index (χ1n) is 10.6. The number of aromatic nitrogens is 2. The third kappa shape index (κ3) is 3.13. The molecule has 148 valence electrons. The van der Waals surface area contributed by atoms with Crippen molar-refractivity contribution in [2.75, 3.05) is 0 Å². The van der Waals surface area contributed by atoms with Crippen molar-refractivity contribution in [1.82, 2.24) is 9.97 Å². The van der Waals surface area contributed by atoms with Gasteiger partial charge in [0.2, 0.25) is 0 Å². The first-order chi connectivity index (χ1) is 13.8. The summed E-state index contributed by atoms with van der Waals surface area (Å²) in [5.41, 5.74) is 7.85. The molecule has 5 rings (SSSR count). The Morgan fingerprint density at radius 3 is 2.45 bits per heavy atom. The van der Waals surface area contributed by atoms with E-state index in [4.69, 9.17) is 4.98 Å². The van der Waals surface area contributed by atoms with E-state index >= 15 is 0 Å². The molecule has 0 bridgehead atoms. The van der Waals surface area contributed by atoms with Crippen LogP contribution in [0, 0.1) is 13.8 Å². The minimum atomic E-state index is -1.39. The highest BCUT2D eigenvalue weighted by atomic mass is 32.1. The number of hydrogen-bond acceptors (Lipinski definition) is 3. The second-order valence-electron chi connectivity index (χ2n) is 9.47. The molecule has 2 nitrogen and oxygen atoms in total. The monoisotopic (exact) mass is 416 g/mol. The van der Waals surface area contributed by atoms with E-state index in [2.05, 4.69) is 68.9 Å². The fourth-order valence-corrected chi connectivity index (χ4v) is 7.62. The maximum atomic E-state index is 5.06. The van der Waals surface area contributed by atoms with Crippen LogP contribution in [0.15, 0.2) is 30.5 Å². The molecule has 0 saturated carbocycles. The van der Waals surface area contributed by atoms with E-state index in [9.17, 15) is 0 Å². The van der Waals surface area contributed by atoms with Gasteiger partial charge in [-0.15, -0.1) is 11.3 Å². The van der Waals surface area contributed by atoms with Gasteiger partial charge >= 0.3 is 0 Å². The van der Waals surface area contributed by atoms with Crippen LogP contribution in [0.3, 0.4) is 0 Å². The number of aryl methyl sites for hydroxylation is 2. The zero-order valence-corrected chi connectivity index (χ0v) is 19.8. The zero-order chi connectivity index (χ0) is 20.3. The maximum absolute atomic E-state index is 5.06. The van der Waals surface area contributed by atoms with Crippen LogP contribution in [0.4, 0.5) is 0 Å². The van der Waals surface area contributed by atoms with E-state index in [0.29, 0.717) is 0 Å². The third-order valence-electron chi connectivity index (χ3n) is 6.24. The lowest BCUT2D eigenvalue weighted by atomic mass is 9.88. The first-order valence-corrected chi connectivity index (χ1v) is 15.0. The van der Waals surface area contributed by atoms with E-state index in [1.807, 2.05) is 11.3 Å². The summed E-state index contributed by atoms with van der Waals surface area (Å²) >= 11 is 1.86. The SMILES string of the molecule is Cc1cc2c(sc3ccc(-c4ncc([Si](C)(C)C)c5c4CCCC5)cc32)c(C)n1. The summed E-state index contributed by atoms with van der Waals surface area (Å²) in [4.78, 5) is 9.73. The molecular formula is C25H28N2SSi. The van der Waals surface area contributed by atoms with Crippen molar-refractivity contribution in [3.63, 3.8) is 0 Å². The van der Waals surface area contributed by atoms with Crippen LogP contribution < -0.4 is 5.19 Å². The Labute approximate surface area is 178 Å². The molecule has 0 spiro atoms. The fraction of sp³-hybridized carbons (Fsp3) is 0.360. The summed E-state index contributed by atoms with van der Waals surface area (Å²) in [6.07, 6.45) is 7.19. The van der Waals surface area contributed by atoms with Crippen molar-refractivity contribution in [3.8, 4) is 11.3 Å². The minimum Gasteiger partial charge on any atom is -0.257 e. The fourth-order valence-electron chi connectivity index (χ4n) is 4.88. The zero-order valence-electron chi connectivity index (χ0n) is 18.0. The van der Waals surface area contributed by atoms with Crippen molar-refractivity contribution >= 4 is 44.8 Å². The van der Waals surface area contributed by atoms with E-state index in [1.54, 1.807) is 10.8 Å². The van der Waals surface area contributed by atoms with Crippen LogP contribution in [0.1, 0.15) is 35.4 Å². The van der Waals surface area contributed by atoms with Gasteiger partial charge in [-0.2, -0.15) is 0 Å². The number of benzene rings is 1. The topological polar surface area (TPSA) is 25.8 Å². The van der Waals surface area contributed by atoms with Crippen LogP contribution in [-0.4, -0.2) is 18.0 Å². The minimum absolute atomic E-state index is 1.09. The van der Waals surface area contributed by atoms with Crippen molar-refractivity contribution in [2.45, 2.75) is 59.2 Å². The number of hydrogen-bond donors (Lipinski definition) is 0. The highest BCUT2D eigenvalue weighted by molar-refractivity contribution is 7.26. The number of fused-ring (bicyclic) bond motifs is 4. The van der Waals surface area contributed by atoms with Gasteiger partial charge in [0.25, 0.3) is 0 Å². The van der Waals surface area contributed by atoms with Gasteiger partial charge in [-0.25, -0.2) is 0 Å². The predicted molar refractivity (Wildman–Crippen MR) is 129 cm³/mol. The molecule has 4 heteroatoms. The predicted octanol–water partition coefficient (Wildman–Crippen LogP) is 6.55. The van der Waals surface area contributed by atoms with Crippen molar-refractivity contribution in [2.24, 2.45) is 0 Å². The quantitative estimate of drug-likeness (QED) is 0.346. The van der Waals surface area contributed by atoms with E-state index in [-0.39, 0.29) is 0 Å². The maximum Gasteiger partial charge on any atom is 0.0799 e. The Balaban J connectivity index is 1.75. The second-order valence-corrected chi connectivity index (χ2v) is 15.6. The normalized spacial score (nSPS) is 14.5. The van der Waals surface area contributed by atoms with Gasteiger partial charge < -0.3 is 0 Å². The molecule has 0 unspecified atom stereocenters. The number of pyridine rings is 2. The number of nitrogens with zero attached hydrogens (tertiary/aromatic N) is 2. The molecule has 1 aromatic carbocycles. The lowest BCUT2D eigenvalue weighted by Crippen LogP contribution is -2.42. The van der Waals surface area contributed by atoms with Gasteiger partial charge in [0.05, 0.1) is 24.2 Å². The molecule has 0 saturated heterocycles. The highest BCUT2D eigenvalue weighted by Gasteiger charge is 2.26. The molecule has 3 aromatic heterocycles. The van der Waals surface area contributed by atoms with Crippen LogP contribution in [0.2, 0.25) is 19.6 Å². The van der Waals surface area contributed by atoms with E-state index in [1.165, 1.54) is 62.7 Å². The Morgan fingerprint density at radius 1 is 0.931 bits per heavy atom. The lowest BCUT2D eigenvalue weighted by Gasteiger charge is -2.27. The van der Waals surface area contributed by atoms with Crippen molar-refractivity contribution < 1.29 is 0 Å². The van der Waals surface area contributed by atoms with Crippen LogP contribution >= 0.6 is 11.3 Å². The Bertz CT molecular complexity index is 1260. The van der Waals surface area contributed by atoms with Crippen molar-refractivity contribution in [1.29, 1.82) is 0 Å². The summed E-state index contributed by atoms with van der Waals surface area (Å²) in [6.45, 7) is 11.5. The summed E-state index contributed by atoms with van der Waals surface area (Å²) < 4.78 is 2.65. The molecule has 0 amide bonds. The van der Waals surface area contributed by atoms with Crippen LogP contribution in [-0.2, 0) is 12.8 Å². The molecule has 0 aliphatic heterocycles. The molecule has 0 radical (unpaired) electrons. The Kier molecular flexibility index (Phi) is 4.41. The van der Waals surface area contributed by atoms with Gasteiger partial charge in [0, 0.05) is 32.9 Å². The van der Waals surface area contributed by atoms with Crippen molar-refractivity contribution in [3.05, 3.63) is 53.0 Å². The molecule has 0 atom stereocenters. The van der Waals surface area contributed by atoms with E-state index in [0.717, 1.165) is 11.4 Å². The number of rotatable bonds is 2. The summed E-state index contributed by atoms with van der Waals surface area (Å²) in [6, 6.07) is 9.17. The Morgan fingerprint density at radius 2 is 1.69 bits per heavy atom. The van der Waals surface area contributed by atoms with Gasteiger partial charge in [0.1, 0.15) is 0 Å². The summed E-state index contributed by atoms with van der Waals surface area (Å²) in [7, 11) is -1.39. The smallest absolute Gasteiger partial charge is 0.0799 e. The summed E-state index contributed by atoms with van der Waals surface area (Å²) in [5, 5.41) is 4.25. The average molecular weight is 417 g/mol. The van der Waals surface area contributed by atoms with Gasteiger partial charge in [-0.3, -0.25) is 9.97 Å². The second kappa shape index (κ2) is 6.75. The number of thiophene rings is 1. The summed E-state index contributed by atoms with van der Waals surface area (Å²) in [5.74, 6) is 0. The van der Waals surface area contributed by atoms with E-state index < -0.39 is 8.07 Å². The third-order valence-corrected chi connectivity index (χ3v) is 9.58. The highest BCUT2D eigenvalue weighted by Crippen LogP contribution is 2.39. The lowest BCUT2D eigenvalue weighted by molar-refractivity contribution is 0.686. The molecule has 4 aromatic rings. The van der Waals surface area contributed by atoms with Crippen LogP contribution in [0.25, 0.3) is 31.4 Å². The molecule has 29 heavy (non-hydrogen) atoms. The molecular weight excluding hydrogens is 388 g/mol. The largest absolute Gasteiger partial charge is 0.257 e. The molecule has 3 heterocycles. The molecule has 0 N–H and O–H groups in total. The standard InChI is InChI=1S/C25H28N2SSi/c1-15-12-21-20-13-17(10-11-22(20)28-25(21)16(2)27-15)24-19-9-7-6-8-18(19)23(14-26-24)29(3,4)5/h10-14H,6-9H2,1-5H3. The molecule has 1 aliphatic carbocycles. The Hall–Kier alpha value is -2.04. The van der Waals surface area contributed by atoms with Gasteiger partial charge in [-0.1, -0.05) is 25.7 Å².